The maximum absolute atomic E-state index is 10.9. The lowest BCUT2D eigenvalue weighted by atomic mass is 10.2. The van der Waals surface area contributed by atoms with Crippen LogP contribution in [0.4, 0.5) is 0 Å². The van der Waals surface area contributed by atoms with Crippen LogP contribution in [0.25, 0.3) is 0 Å². The molecule has 0 fully saturated rings. The number of halogens is 1. The zero-order valence-corrected chi connectivity index (χ0v) is 10.4. The van der Waals surface area contributed by atoms with Gasteiger partial charge in [-0.2, -0.15) is 0 Å². The molecule has 0 radical (unpaired) electrons. The van der Waals surface area contributed by atoms with E-state index in [1.165, 1.54) is 0 Å². The van der Waals surface area contributed by atoms with Gasteiger partial charge in [0.05, 0.1) is 12.4 Å². The molecule has 0 aliphatic heterocycles. The summed E-state index contributed by atoms with van der Waals surface area (Å²) in [6.45, 7) is -0.137. The first-order valence-electron chi connectivity index (χ1n) is 4.62. The molecule has 0 atom stereocenters. The molecule has 0 unspecified atom stereocenters. The van der Waals surface area contributed by atoms with Crippen LogP contribution in [-0.4, -0.2) is 32.1 Å². The number of hydrogen-bond donors (Lipinski definition) is 1. The summed E-state index contributed by atoms with van der Waals surface area (Å²) in [6, 6.07) is 4.81. The van der Waals surface area contributed by atoms with Crippen LogP contribution in [0.15, 0.2) is 18.2 Å². The molecule has 6 heteroatoms. The van der Waals surface area contributed by atoms with Crippen molar-refractivity contribution in [2.75, 3.05) is 18.6 Å². The third kappa shape index (κ3) is 4.38. The van der Waals surface area contributed by atoms with Crippen molar-refractivity contribution in [1.82, 2.24) is 0 Å². The number of benzene rings is 1. The van der Waals surface area contributed by atoms with Crippen molar-refractivity contribution >= 4 is 21.4 Å². The van der Waals surface area contributed by atoms with E-state index in [2.05, 4.69) is 0 Å². The van der Waals surface area contributed by atoms with Gasteiger partial charge in [-0.15, -0.1) is 0 Å². The molecule has 4 nitrogen and oxygen atoms in total. The van der Waals surface area contributed by atoms with Crippen LogP contribution in [-0.2, 0) is 16.4 Å². The monoisotopic (exact) mass is 264 g/mol. The fraction of sp³-hybridized carbons (Fsp3) is 0.400. The Labute approximate surface area is 99.7 Å². The number of aliphatic hydroxyl groups is 1. The topological polar surface area (TPSA) is 63.6 Å². The van der Waals surface area contributed by atoms with E-state index in [-0.39, 0.29) is 19.0 Å². The summed E-state index contributed by atoms with van der Waals surface area (Å²) < 4.78 is 27.0. The average Bonchev–Trinajstić information content (AvgIpc) is 2.18. The average molecular weight is 265 g/mol. The smallest absolute Gasteiger partial charge is 0.150 e. The Balaban J connectivity index is 2.67. The Hall–Kier alpha value is -0.780. The van der Waals surface area contributed by atoms with Crippen LogP contribution >= 0.6 is 11.6 Å². The molecule has 1 aromatic carbocycles. The van der Waals surface area contributed by atoms with Crippen LogP contribution in [0.2, 0.25) is 5.02 Å². The largest absolute Gasteiger partial charge is 0.492 e. The van der Waals surface area contributed by atoms with Gasteiger partial charge in [0.25, 0.3) is 0 Å². The second-order valence-corrected chi connectivity index (χ2v) is 6.08. The molecule has 0 aliphatic carbocycles. The predicted molar refractivity (Wildman–Crippen MR) is 62.6 cm³/mol. The molecular formula is C10H13ClO4S. The van der Waals surface area contributed by atoms with Crippen molar-refractivity contribution in [3.05, 3.63) is 28.8 Å². The molecule has 16 heavy (non-hydrogen) atoms. The molecule has 0 spiro atoms. The summed E-state index contributed by atoms with van der Waals surface area (Å²) in [6.07, 6.45) is 1.14. The van der Waals surface area contributed by atoms with Gasteiger partial charge in [-0.3, -0.25) is 0 Å². The minimum atomic E-state index is -3.04. The van der Waals surface area contributed by atoms with Gasteiger partial charge in [-0.1, -0.05) is 11.6 Å². The van der Waals surface area contributed by atoms with E-state index in [1.54, 1.807) is 18.2 Å². The van der Waals surface area contributed by atoms with Crippen LogP contribution in [0.1, 0.15) is 5.56 Å². The van der Waals surface area contributed by atoms with Gasteiger partial charge >= 0.3 is 0 Å². The normalized spacial score (nSPS) is 11.4. The van der Waals surface area contributed by atoms with Crippen molar-refractivity contribution < 1.29 is 18.3 Å². The van der Waals surface area contributed by atoms with E-state index in [0.29, 0.717) is 16.3 Å². The third-order valence-corrected chi connectivity index (χ3v) is 3.05. The molecule has 1 rings (SSSR count). The molecule has 1 aromatic rings. The summed E-state index contributed by atoms with van der Waals surface area (Å²) >= 11 is 5.74. The summed E-state index contributed by atoms with van der Waals surface area (Å²) in [7, 11) is -3.04. The Kier molecular flexibility index (Phi) is 4.58. The van der Waals surface area contributed by atoms with Gasteiger partial charge in [-0.05, 0) is 18.2 Å². The van der Waals surface area contributed by atoms with Crippen molar-refractivity contribution in [3.63, 3.8) is 0 Å². The quantitative estimate of drug-likeness (QED) is 0.870. The van der Waals surface area contributed by atoms with Crippen molar-refractivity contribution in [2.45, 2.75) is 6.61 Å². The van der Waals surface area contributed by atoms with Gasteiger partial charge in [0.15, 0.2) is 9.84 Å². The highest BCUT2D eigenvalue weighted by Gasteiger charge is 2.06. The Morgan fingerprint density at radius 3 is 2.69 bits per heavy atom. The Bertz CT molecular complexity index is 456. The summed E-state index contributed by atoms with van der Waals surface area (Å²) in [5.74, 6) is 0.399. The van der Waals surface area contributed by atoms with Gasteiger partial charge < -0.3 is 9.84 Å². The first-order chi connectivity index (χ1) is 7.42. The standard InChI is InChI=1S/C10H13ClO4S/c1-16(13,14)5-4-15-10-3-2-9(11)6-8(10)7-12/h2-3,6,12H,4-5,7H2,1H3. The molecule has 0 saturated heterocycles. The molecule has 0 amide bonds. The summed E-state index contributed by atoms with van der Waals surface area (Å²) in [4.78, 5) is 0. The van der Waals surface area contributed by atoms with E-state index in [0.717, 1.165) is 6.26 Å². The lowest BCUT2D eigenvalue weighted by molar-refractivity contribution is 0.267. The minimum absolute atomic E-state index is 0.0551. The molecule has 1 N–H and O–H groups in total. The van der Waals surface area contributed by atoms with Gasteiger partial charge in [0.2, 0.25) is 0 Å². The van der Waals surface area contributed by atoms with Gasteiger partial charge in [-0.25, -0.2) is 8.42 Å². The third-order valence-electron chi connectivity index (χ3n) is 1.90. The van der Waals surface area contributed by atoms with E-state index < -0.39 is 9.84 Å². The Morgan fingerprint density at radius 1 is 1.44 bits per heavy atom. The molecule has 0 aromatic heterocycles. The number of sulfone groups is 1. The summed E-state index contributed by atoms with van der Waals surface area (Å²) in [5, 5.41) is 9.54. The van der Waals surface area contributed by atoms with Crippen LogP contribution in [0, 0.1) is 0 Å². The number of rotatable bonds is 5. The zero-order chi connectivity index (χ0) is 12.2. The lowest BCUT2D eigenvalue weighted by Crippen LogP contribution is -2.12. The van der Waals surface area contributed by atoms with Crippen LogP contribution in [0.3, 0.4) is 0 Å². The van der Waals surface area contributed by atoms with Gasteiger partial charge in [0.1, 0.15) is 12.4 Å². The predicted octanol–water partition coefficient (Wildman–Crippen LogP) is 1.26. The second kappa shape index (κ2) is 5.52. The molecule has 0 heterocycles. The fourth-order valence-corrected chi connectivity index (χ4v) is 1.70. The summed E-state index contributed by atoms with van der Waals surface area (Å²) in [5.41, 5.74) is 0.543. The second-order valence-electron chi connectivity index (χ2n) is 3.39. The first-order valence-corrected chi connectivity index (χ1v) is 7.06. The van der Waals surface area contributed by atoms with Crippen molar-refractivity contribution in [3.8, 4) is 5.75 Å². The number of aliphatic hydroxyl groups excluding tert-OH is 1. The Morgan fingerprint density at radius 2 is 2.12 bits per heavy atom. The van der Waals surface area contributed by atoms with E-state index in [9.17, 15) is 8.42 Å². The van der Waals surface area contributed by atoms with Crippen LogP contribution in [0.5, 0.6) is 5.75 Å². The molecule has 0 bridgehead atoms. The number of hydrogen-bond acceptors (Lipinski definition) is 4. The minimum Gasteiger partial charge on any atom is -0.492 e. The van der Waals surface area contributed by atoms with E-state index in [4.69, 9.17) is 21.4 Å². The van der Waals surface area contributed by atoms with Crippen molar-refractivity contribution in [1.29, 1.82) is 0 Å². The first kappa shape index (κ1) is 13.3. The lowest BCUT2D eigenvalue weighted by Gasteiger charge is -2.09. The maximum atomic E-state index is 10.9. The SMILES string of the molecule is CS(=O)(=O)CCOc1ccc(Cl)cc1CO. The highest BCUT2D eigenvalue weighted by molar-refractivity contribution is 7.90. The number of ether oxygens (including phenoxy) is 1. The molecular weight excluding hydrogens is 252 g/mol. The van der Waals surface area contributed by atoms with Gasteiger partial charge in [0, 0.05) is 16.8 Å². The zero-order valence-electron chi connectivity index (χ0n) is 8.81. The maximum Gasteiger partial charge on any atom is 0.150 e. The highest BCUT2D eigenvalue weighted by atomic mass is 35.5. The molecule has 0 saturated carbocycles. The van der Waals surface area contributed by atoms with Crippen LogP contribution < -0.4 is 4.74 Å². The fourth-order valence-electron chi connectivity index (χ4n) is 1.12. The highest BCUT2D eigenvalue weighted by Crippen LogP contribution is 2.22. The molecule has 90 valence electrons. The van der Waals surface area contributed by atoms with Crippen molar-refractivity contribution in [2.24, 2.45) is 0 Å². The van der Waals surface area contributed by atoms with E-state index in [1.807, 2.05) is 0 Å². The van der Waals surface area contributed by atoms with E-state index >= 15 is 0 Å². The molecule has 0 aliphatic rings.